The Hall–Kier alpha value is -1.31. The van der Waals surface area contributed by atoms with E-state index in [9.17, 15) is 4.79 Å². The summed E-state index contributed by atoms with van der Waals surface area (Å²) in [7, 11) is 0. The highest BCUT2D eigenvalue weighted by Crippen LogP contribution is 2.43. The van der Waals surface area contributed by atoms with Gasteiger partial charge in [-0.2, -0.15) is 0 Å². The molecule has 0 amide bonds. The van der Waals surface area contributed by atoms with Gasteiger partial charge in [-0.25, -0.2) is 0 Å². The van der Waals surface area contributed by atoms with Crippen LogP contribution in [0, 0.1) is 5.92 Å². The fraction of sp³-hybridized carbons (Fsp3) is 0.462. The van der Waals surface area contributed by atoms with Gasteiger partial charge in [0.05, 0.1) is 5.92 Å². The van der Waals surface area contributed by atoms with Crippen molar-refractivity contribution in [3.05, 3.63) is 35.9 Å². The van der Waals surface area contributed by atoms with Crippen molar-refractivity contribution >= 4 is 5.97 Å². The van der Waals surface area contributed by atoms with Crippen molar-refractivity contribution < 1.29 is 9.90 Å². The Balaban J connectivity index is 2.20. The Kier molecular flexibility index (Phi) is 2.51. The Morgan fingerprint density at radius 2 is 2.07 bits per heavy atom. The zero-order chi connectivity index (χ0) is 10.9. The van der Waals surface area contributed by atoms with Crippen molar-refractivity contribution in [1.29, 1.82) is 0 Å². The van der Waals surface area contributed by atoms with Crippen LogP contribution < -0.4 is 0 Å². The number of aliphatic carboxylic acids is 1. The number of hydrogen-bond donors (Lipinski definition) is 1. The molecule has 1 aromatic carbocycles. The van der Waals surface area contributed by atoms with Gasteiger partial charge in [0.15, 0.2) is 0 Å². The maximum atomic E-state index is 10.9. The molecule has 1 aliphatic carbocycles. The normalized spacial score (nSPS) is 30.3. The van der Waals surface area contributed by atoms with Crippen LogP contribution in [0.1, 0.15) is 31.7 Å². The second-order valence-corrected chi connectivity index (χ2v) is 4.70. The van der Waals surface area contributed by atoms with Crippen molar-refractivity contribution in [3.8, 4) is 0 Å². The van der Waals surface area contributed by atoms with Crippen LogP contribution in [0.2, 0.25) is 0 Å². The van der Waals surface area contributed by atoms with E-state index >= 15 is 0 Å². The number of benzene rings is 1. The molecule has 2 rings (SSSR count). The predicted molar refractivity (Wildman–Crippen MR) is 58.8 cm³/mol. The molecule has 2 atom stereocenters. The molecule has 0 aromatic heterocycles. The van der Waals surface area contributed by atoms with Gasteiger partial charge in [-0.15, -0.1) is 0 Å². The summed E-state index contributed by atoms with van der Waals surface area (Å²) in [6, 6.07) is 10.2. The van der Waals surface area contributed by atoms with Crippen molar-refractivity contribution in [2.45, 2.75) is 31.6 Å². The lowest BCUT2D eigenvalue weighted by molar-refractivity contribution is -0.141. The third-order valence-electron chi connectivity index (χ3n) is 3.56. The molecule has 0 aliphatic heterocycles. The number of carboxylic acids is 1. The molecule has 2 unspecified atom stereocenters. The SMILES string of the molecule is CC1(c2ccccc2)CCC(C(=O)O)C1. The number of rotatable bonds is 2. The Morgan fingerprint density at radius 1 is 1.40 bits per heavy atom. The lowest BCUT2D eigenvalue weighted by atomic mass is 9.80. The van der Waals surface area contributed by atoms with Crippen molar-refractivity contribution in [2.75, 3.05) is 0 Å². The van der Waals surface area contributed by atoms with Gasteiger partial charge in [-0.05, 0) is 30.2 Å². The van der Waals surface area contributed by atoms with Crippen LogP contribution in [-0.4, -0.2) is 11.1 Å². The molecule has 1 fully saturated rings. The molecule has 0 heterocycles. The van der Waals surface area contributed by atoms with Gasteiger partial charge in [0.1, 0.15) is 0 Å². The first-order chi connectivity index (χ1) is 7.12. The first kappa shape index (κ1) is 10.2. The summed E-state index contributed by atoms with van der Waals surface area (Å²) in [5.74, 6) is -0.801. The number of carboxylic acid groups (broad SMARTS) is 1. The molecular weight excluding hydrogens is 188 g/mol. The van der Waals surface area contributed by atoms with Crippen molar-refractivity contribution in [2.24, 2.45) is 5.92 Å². The van der Waals surface area contributed by atoms with Gasteiger partial charge >= 0.3 is 5.97 Å². The molecule has 15 heavy (non-hydrogen) atoms. The minimum absolute atomic E-state index is 0.0598. The molecule has 0 spiro atoms. The van der Waals surface area contributed by atoms with Gasteiger partial charge in [-0.1, -0.05) is 37.3 Å². The van der Waals surface area contributed by atoms with E-state index in [1.807, 2.05) is 18.2 Å². The van der Waals surface area contributed by atoms with Gasteiger partial charge in [0.2, 0.25) is 0 Å². The van der Waals surface area contributed by atoms with Gasteiger partial charge in [-0.3, -0.25) is 4.79 Å². The smallest absolute Gasteiger partial charge is 0.306 e. The third kappa shape index (κ3) is 1.89. The largest absolute Gasteiger partial charge is 0.481 e. The first-order valence-corrected chi connectivity index (χ1v) is 5.40. The zero-order valence-corrected chi connectivity index (χ0v) is 8.94. The molecule has 80 valence electrons. The van der Waals surface area contributed by atoms with E-state index in [1.54, 1.807) is 0 Å². The predicted octanol–water partition coefficient (Wildman–Crippen LogP) is 2.83. The molecule has 1 aromatic rings. The van der Waals surface area contributed by atoms with Gasteiger partial charge in [0.25, 0.3) is 0 Å². The van der Waals surface area contributed by atoms with Crippen LogP contribution in [0.25, 0.3) is 0 Å². The van der Waals surface area contributed by atoms with E-state index in [1.165, 1.54) is 5.56 Å². The van der Waals surface area contributed by atoms with Crippen LogP contribution in [0.5, 0.6) is 0 Å². The molecular formula is C13H16O2. The topological polar surface area (TPSA) is 37.3 Å². The van der Waals surface area contributed by atoms with Gasteiger partial charge < -0.3 is 5.11 Å². The first-order valence-electron chi connectivity index (χ1n) is 5.40. The van der Waals surface area contributed by atoms with E-state index in [2.05, 4.69) is 19.1 Å². The molecule has 0 radical (unpaired) electrons. The van der Waals surface area contributed by atoms with E-state index in [0.29, 0.717) is 0 Å². The fourth-order valence-corrected chi connectivity index (χ4v) is 2.55. The Bertz CT molecular complexity index is 358. The van der Waals surface area contributed by atoms with Crippen molar-refractivity contribution in [3.63, 3.8) is 0 Å². The van der Waals surface area contributed by atoms with E-state index in [0.717, 1.165) is 19.3 Å². The van der Waals surface area contributed by atoms with Crippen molar-refractivity contribution in [1.82, 2.24) is 0 Å². The number of hydrogen-bond acceptors (Lipinski definition) is 1. The molecule has 0 saturated heterocycles. The minimum atomic E-state index is -0.644. The molecule has 1 aliphatic rings. The molecule has 1 N–H and O–H groups in total. The summed E-state index contributed by atoms with van der Waals surface area (Å²) in [5, 5.41) is 8.99. The quantitative estimate of drug-likeness (QED) is 0.804. The van der Waals surface area contributed by atoms with E-state index < -0.39 is 5.97 Å². The summed E-state index contributed by atoms with van der Waals surface area (Å²) in [6.07, 6.45) is 2.56. The Labute approximate surface area is 89.9 Å². The highest BCUT2D eigenvalue weighted by atomic mass is 16.4. The molecule has 1 saturated carbocycles. The second-order valence-electron chi connectivity index (χ2n) is 4.70. The van der Waals surface area contributed by atoms with Crippen LogP contribution >= 0.6 is 0 Å². The highest BCUT2D eigenvalue weighted by Gasteiger charge is 2.39. The average molecular weight is 204 g/mol. The molecule has 2 heteroatoms. The minimum Gasteiger partial charge on any atom is -0.481 e. The summed E-state index contributed by atoms with van der Waals surface area (Å²) in [6.45, 7) is 2.17. The standard InChI is InChI=1S/C13H16O2/c1-13(11-5-3-2-4-6-11)8-7-10(9-13)12(14)15/h2-6,10H,7-9H2,1H3,(H,14,15). The Morgan fingerprint density at radius 3 is 2.60 bits per heavy atom. The maximum absolute atomic E-state index is 10.9. The lowest BCUT2D eigenvalue weighted by Crippen LogP contribution is -2.19. The summed E-state index contributed by atoms with van der Waals surface area (Å²) >= 11 is 0. The fourth-order valence-electron chi connectivity index (χ4n) is 2.55. The molecule has 2 nitrogen and oxygen atoms in total. The summed E-state index contributed by atoms with van der Waals surface area (Å²) < 4.78 is 0. The van der Waals surface area contributed by atoms with Crippen LogP contribution in [-0.2, 0) is 10.2 Å². The maximum Gasteiger partial charge on any atom is 0.306 e. The zero-order valence-electron chi connectivity index (χ0n) is 8.94. The highest BCUT2D eigenvalue weighted by molar-refractivity contribution is 5.70. The monoisotopic (exact) mass is 204 g/mol. The second kappa shape index (κ2) is 3.69. The van der Waals surface area contributed by atoms with Crippen LogP contribution in [0.15, 0.2) is 30.3 Å². The summed E-state index contributed by atoms with van der Waals surface area (Å²) in [5.41, 5.74) is 1.33. The molecule has 0 bridgehead atoms. The van der Waals surface area contributed by atoms with Crippen LogP contribution in [0.4, 0.5) is 0 Å². The summed E-state index contributed by atoms with van der Waals surface area (Å²) in [4.78, 5) is 10.9. The lowest BCUT2D eigenvalue weighted by Gasteiger charge is -2.24. The van der Waals surface area contributed by atoms with Gasteiger partial charge in [0, 0.05) is 0 Å². The van der Waals surface area contributed by atoms with E-state index in [4.69, 9.17) is 5.11 Å². The average Bonchev–Trinajstić information content (AvgIpc) is 2.64. The third-order valence-corrected chi connectivity index (χ3v) is 3.56. The number of carbonyl (C=O) groups is 1. The van der Waals surface area contributed by atoms with Crippen LogP contribution in [0.3, 0.4) is 0 Å². The van der Waals surface area contributed by atoms with E-state index in [-0.39, 0.29) is 11.3 Å².